The van der Waals surface area contributed by atoms with Crippen LogP contribution in [-0.2, 0) is 28.2 Å². The zero-order valence-corrected chi connectivity index (χ0v) is 20.3. The number of rotatable bonds is 7. The van der Waals surface area contributed by atoms with Gasteiger partial charge in [-0.2, -0.15) is 10.2 Å². The molecule has 1 aromatic carbocycles. The Hall–Kier alpha value is -3.18. The molecule has 12 heteroatoms. The molecule has 3 rings (SSSR count). The van der Waals surface area contributed by atoms with Crippen LogP contribution < -0.4 is 4.74 Å². The van der Waals surface area contributed by atoms with Gasteiger partial charge in [-0.3, -0.25) is 9.48 Å². The number of benzene rings is 1. The summed E-state index contributed by atoms with van der Waals surface area (Å²) in [6.45, 7) is 5.17. The standard InChI is InChI=1S/C21H23ClN4O6S/c1-6-31-21(28)32-20-17(13(3)24-25(20)4)19(27)14-7-8-16(33(5,29)30)15(18(14)22)11-26-10-12(2)9-23-26/h7-10H,6,11H2,1-5H3. The topological polar surface area (TPSA) is 122 Å². The first-order valence-electron chi connectivity index (χ1n) is 9.87. The normalized spacial score (nSPS) is 11.5. The first kappa shape index (κ1) is 24.5. The Morgan fingerprint density at radius 1 is 1.21 bits per heavy atom. The van der Waals surface area contributed by atoms with E-state index in [1.54, 1.807) is 26.2 Å². The molecule has 0 atom stereocenters. The summed E-state index contributed by atoms with van der Waals surface area (Å²) in [7, 11) is -2.14. The zero-order chi connectivity index (χ0) is 24.5. The number of sulfone groups is 1. The molecule has 0 saturated carbocycles. The average molecular weight is 495 g/mol. The fraction of sp³-hybridized carbons (Fsp3) is 0.333. The summed E-state index contributed by atoms with van der Waals surface area (Å²) >= 11 is 6.60. The highest BCUT2D eigenvalue weighted by Crippen LogP contribution is 2.33. The van der Waals surface area contributed by atoms with Crippen molar-refractivity contribution in [2.75, 3.05) is 12.9 Å². The highest BCUT2D eigenvalue weighted by atomic mass is 35.5. The van der Waals surface area contributed by atoms with E-state index < -0.39 is 21.8 Å². The van der Waals surface area contributed by atoms with E-state index in [0.717, 1.165) is 11.8 Å². The van der Waals surface area contributed by atoms with Crippen LogP contribution in [0, 0.1) is 13.8 Å². The Kier molecular flexibility index (Phi) is 6.94. The van der Waals surface area contributed by atoms with E-state index >= 15 is 0 Å². The number of carbonyl (C=O) groups is 2. The predicted molar refractivity (Wildman–Crippen MR) is 120 cm³/mol. The van der Waals surface area contributed by atoms with Crippen LogP contribution >= 0.6 is 11.6 Å². The molecule has 0 fully saturated rings. The minimum absolute atomic E-state index is 0.0110. The number of halogens is 1. The molecule has 0 N–H and O–H groups in total. The third kappa shape index (κ3) is 5.09. The van der Waals surface area contributed by atoms with E-state index in [-0.39, 0.29) is 45.6 Å². The molecule has 0 unspecified atom stereocenters. The Morgan fingerprint density at radius 3 is 2.48 bits per heavy atom. The second-order valence-corrected chi connectivity index (χ2v) is 9.76. The highest BCUT2D eigenvalue weighted by molar-refractivity contribution is 7.90. The van der Waals surface area contributed by atoms with E-state index in [4.69, 9.17) is 21.1 Å². The Labute approximate surface area is 196 Å². The first-order chi connectivity index (χ1) is 15.4. The third-order valence-electron chi connectivity index (χ3n) is 4.77. The van der Waals surface area contributed by atoms with Crippen LogP contribution in [0.15, 0.2) is 29.4 Å². The van der Waals surface area contributed by atoms with Crippen molar-refractivity contribution in [3.8, 4) is 5.88 Å². The van der Waals surface area contributed by atoms with E-state index in [2.05, 4.69) is 10.2 Å². The highest BCUT2D eigenvalue weighted by Gasteiger charge is 2.29. The minimum atomic E-state index is -3.65. The van der Waals surface area contributed by atoms with Crippen molar-refractivity contribution in [1.29, 1.82) is 0 Å². The maximum absolute atomic E-state index is 13.5. The SMILES string of the molecule is CCOC(=O)Oc1c(C(=O)c2ccc(S(C)(=O)=O)c(Cn3cc(C)cn3)c2Cl)c(C)nn1C. The van der Waals surface area contributed by atoms with Crippen LogP contribution in [0.4, 0.5) is 4.79 Å². The minimum Gasteiger partial charge on any atom is -0.434 e. The second kappa shape index (κ2) is 9.36. The molecule has 10 nitrogen and oxygen atoms in total. The summed E-state index contributed by atoms with van der Waals surface area (Å²) in [5.74, 6) is -0.689. The van der Waals surface area contributed by atoms with Gasteiger partial charge in [-0.25, -0.2) is 17.9 Å². The summed E-state index contributed by atoms with van der Waals surface area (Å²) in [5, 5.41) is 8.30. The second-order valence-electron chi connectivity index (χ2n) is 7.39. The molecule has 0 amide bonds. The number of aromatic nitrogens is 4. The molecular weight excluding hydrogens is 472 g/mol. The number of ether oxygens (including phenoxy) is 2. The lowest BCUT2D eigenvalue weighted by atomic mass is 10.0. The Balaban J connectivity index is 2.13. The Bertz CT molecular complexity index is 1340. The van der Waals surface area contributed by atoms with E-state index in [1.807, 2.05) is 6.92 Å². The molecule has 0 aliphatic heterocycles. The first-order valence-corrected chi connectivity index (χ1v) is 12.1. The largest absolute Gasteiger partial charge is 0.515 e. The third-order valence-corrected chi connectivity index (χ3v) is 6.38. The van der Waals surface area contributed by atoms with Crippen molar-refractivity contribution in [3.63, 3.8) is 0 Å². The van der Waals surface area contributed by atoms with E-state index in [0.29, 0.717) is 5.69 Å². The lowest BCUT2D eigenvalue weighted by Crippen LogP contribution is -2.16. The summed E-state index contributed by atoms with van der Waals surface area (Å²) in [6.07, 6.45) is 3.44. The monoisotopic (exact) mass is 494 g/mol. The van der Waals surface area contributed by atoms with Crippen LogP contribution in [0.2, 0.25) is 5.02 Å². The van der Waals surface area contributed by atoms with Gasteiger partial charge in [0.1, 0.15) is 5.56 Å². The van der Waals surface area contributed by atoms with Crippen molar-refractivity contribution in [3.05, 3.63) is 57.5 Å². The maximum Gasteiger partial charge on any atom is 0.515 e. The van der Waals surface area contributed by atoms with Crippen LogP contribution in [-0.4, -0.2) is 52.8 Å². The van der Waals surface area contributed by atoms with Gasteiger partial charge < -0.3 is 9.47 Å². The zero-order valence-electron chi connectivity index (χ0n) is 18.7. The van der Waals surface area contributed by atoms with Gasteiger partial charge in [-0.05, 0) is 38.5 Å². The van der Waals surface area contributed by atoms with Crippen LogP contribution in [0.1, 0.15) is 39.7 Å². The van der Waals surface area contributed by atoms with Gasteiger partial charge in [-0.1, -0.05) is 11.6 Å². The van der Waals surface area contributed by atoms with E-state index in [1.165, 1.54) is 28.5 Å². The number of aryl methyl sites for hydroxylation is 3. The van der Waals surface area contributed by atoms with Gasteiger partial charge >= 0.3 is 6.16 Å². The quantitative estimate of drug-likeness (QED) is 0.362. The number of hydrogen-bond donors (Lipinski definition) is 0. The van der Waals surface area contributed by atoms with Crippen LogP contribution in [0.25, 0.3) is 0 Å². The average Bonchev–Trinajstić information content (AvgIpc) is 3.24. The summed E-state index contributed by atoms with van der Waals surface area (Å²) in [4.78, 5) is 25.3. The van der Waals surface area contributed by atoms with Gasteiger partial charge in [0.25, 0.3) is 0 Å². The maximum atomic E-state index is 13.5. The number of ketones is 1. The molecule has 0 bridgehead atoms. The van der Waals surface area contributed by atoms with Gasteiger partial charge in [0, 0.05) is 30.6 Å². The predicted octanol–water partition coefficient (Wildman–Crippen LogP) is 3.10. The summed E-state index contributed by atoms with van der Waals surface area (Å²) in [6, 6.07) is 2.66. The van der Waals surface area contributed by atoms with Crippen LogP contribution in [0.5, 0.6) is 5.88 Å². The molecule has 33 heavy (non-hydrogen) atoms. The smallest absolute Gasteiger partial charge is 0.434 e. The van der Waals surface area contributed by atoms with Crippen molar-refractivity contribution in [2.45, 2.75) is 32.2 Å². The van der Waals surface area contributed by atoms with Crippen LogP contribution in [0.3, 0.4) is 0 Å². The molecular formula is C21H23ClN4O6S. The lowest BCUT2D eigenvalue weighted by Gasteiger charge is -2.14. The summed E-state index contributed by atoms with van der Waals surface area (Å²) < 4.78 is 37.5. The fourth-order valence-electron chi connectivity index (χ4n) is 3.37. The van der Waals surface area contributed by atoms with Gasteiger partial charge in [0.05, 0.1) is 35.0 Å². The molecule has 0 aliphatic carbocycles. The molecule has 0 aliphatic rings. The van der Waals surface area contributed by atoms with Crippen molar-refractivity contribution < 1.29 is 27.5 Å². The van der Waals surface area contributed by atoms with Gasteiger partial charge in [0.15, 0.2) is 9.84 Å². The fourth-order valence-corrected chi connectivity index (χ4v) is 4.66. The molecule has 176 valence electrons. The van der Waals surface area contributed by atoms with Crippen molar-refractivity contribution in [2.24, 2.45) is 7.05 Å². The van der Waals surface area contributed by atoms with Crippen molar-refractivity contribution in [1.82, 2.24) is 19.6 Å². The molecule has 0 saturated heterocycles. The summed E-state index contributed by atoms with van der Waals surface area (Å²) in [5.41, 5.74) is 1.45. The lowest BCUT2D eigenvalue weighted by molar-refractivity contribution is 0.0981. The number of hydrogen-bond acceptors (Lipinski definition) is 8. The van der Waals surface area contributed by atoms with Crippen molar-refractivity contribution >= 4 is 33.4 Å². The van der Waals surface area contributed by atoms with Gasteiger partial charge in [-0.15, -0.1) is 0 Å². The number of nitrogens with zero attached hydrogens (tertiary/aromatic N) is 4. The molecule has 3 aromatic rings. The molecule has 0 radical (unpaired) electrons. The Morgan fingerprint density at radius 2 is 1.91 bits per heavy atom. The van der Waals surface area contributed by atoms with E-state index in [9.17, 15) is 18.0 Å². The van der Waals surface area contributed by atoms with Gasteiger partial charge in [0.2, 0.25) is 11.7 Å². The molecule has 2 heterocycles. The number of carbonyl (C=O) groups excluding carboxylic acids is 2. The molecule has 2 aromatic heterocycles. The molecule has 0 spiro atoms.